The van der Waals surface area contributed by atoms with Crippen molar-refractivity contribution in [3.63, 3.8) is 0 Å². The first-order valence-electron chi connectivity index (χ1n) is 3.32. The van der Waals surface area contributed by atoms with Gasteiger partial charge in [-0.3, -0.25) is 0 Å². The maximum Gasteiger partial charge on any atom is 0.222 e. The summed E-state index contributed by atoms with van der Waals surface area (Å²) in [5.74, 6) is -0.754. The molecule has 0 aromatic carbocycles. The second-order valence-electron chi connectivity index (χ2n) is 2.04. The summed E-state index contributed by atoms with van der Waals surface area (Å²) in [6.45, 7) is -0.587. The number of anilines is 2. The minimum atomic E-state index is -0.641. The van der Waals surface area contributed by atoms with Crippen molar-refractivity contribution in [2.75, 3.05) is 24.3 Å². The number of nitrogens with one attached hydrogen (secondary N) is 1. The average Bonchev–Trinajstić information content (AvgIpc) is 2.07. The Morgan fingerprint density at radius 1 is 1.58 bits per heavy atom. The fourth-order valence-electron chi connectivity index (χ4n) is 0.670. The van der Waals surface area contributed by atoms with Gasteiger partial charge in [-0.05, 0) is 0 Å². The summed E-state index contributed by atoms with van der Waals surface area (Å²) in [5, 5.41) is 2.42. The molecule has 6 heteroatoms. The molecule has 0 radical (unpaired) electrons. The smallest absolute Gasteiger partial charge is 0.222 e. The Labute approximate surface area is 67.8 Å². The number of hydrogen-bond donors (Lipinski definition) is 2. The highest BCUT2D eigenvalue weighted by Gasteiger charge is 2.03. The molecule has 0 saturated heterocycles. The fourth-order valence-corrected chi connectivity index (χ4v) is 0.670. The summed E-state index contributed by atoms with van der Waals surface area (Å²) in [7, 11) is 0. The molecular weight excluding hydrogens is 166 g/mol. The largest absolute Gasteiger partial charge is 0.368 e. The first-order valence-corrected chi connectivity index (χ1v) is 3.32. The summed E-state index contributed by atoms with van der Waals surface area (Å²) in [5.41, 5.74) is 5.18. The maximum absolute atomic E-state index is 12.7. The Hall–Kier alpha value is -1.46. The summed E-state index contributed by atoms with van der Waals surface area (Å²) in [6.07, 6.45) is 0.933. The molecule has 1 aromatic rings. The highest BCUT2D eigenvalue weighted by molar-refractivity contribution is 5.38. The van der Waals surface area contributed by atoms with Crippen LogP contribution in [0.3, 0.4) is 0 Å². The summed E-state index contributed by atoms with van der Waals surface area (Å²) < 4.78 is 24.4. The maximum atomic E-state index is 12.7. The molecule has 0 aliphatic carbocycles. The molecular formula is C6H8F2N4. The van der Waals surface area contributed by atoms with E-state index in [0.717, 1.165) is 6.20 Å². The van der Waals surface area contributed by atoms with Crippen LogP contribution in [-0.4, -0.2) is 23.2 Å². The molecule has 0 spiro atoms. The third kappa shape index (κ3) is 2.01. The standard InChI is InChI=1S/C6H8F2N4/c7-1-2-10-5-4(8)3-11-6(9)12-5/h3H,1-2H2,(H3,9,10,11,12). The molecule has 4 nitrogen and oxygen atoms in total. The summed E-state index contributed by atoms with van der Waals surface area (Å²) in [6, 6.07) is 0. The van der Waals surface area contributed by atoms with E-state index >= 15 is 0 Å². The van der Waals surface area contributed by atoms with Gasteiger partial charge in [0.1, 0.15) is 6.67 Å². The third-order valence-corrected chi connectivity index (χ3v) is 1.15. The van der Waals surface area contributed by atoms with Crippen LogP contribution < -0.4 is 11.1 Å². The number of hydrogen-bond acceptors (Lipinski definition) is 4. The van der Waals surface area contributed by atoms with Gasteiger partial charge in [0.2, 0.25) is 5.95 Å². The topological polar surface area (TPSA) is 63.8 Å². The van der Waals surface area contributed by atoms with Crippen molar-refractivity contribution in [2.24, 2.45) is 0 Å². The first-order chi connectivity index (χ1) is 5.74. The van der Waals surface area contributed by atoms with E-state index < -0.39 is 12.5 Å². The zero-order valence-electron chi connectivity index (χ0n) is 6.22. The van der Waals surface area contributed by atoms with E-state index in [1.54, 1.807) is 0 Å². The van der Waals surface area contributed by atoms with Crippen LogP contribution in [0.4, 0.5) is 20.5 Å². The van der Waals surface area contributed by atoms with Crippen LogP contribution in [0.25, 0.3) is 0 Å². The lowest BCUT2D eigenvalue weighted by Gasteiger charge is -2.03. The normalized spacial score (nSPS) is 9.83. The summed E-state index contributed by atoms with van der Waals surface area (Å²) in [4.78, 5) is 6.93. The Morgan fingerprint density at radius 3 is 3.00 bits per heavy atom. The Morgan fingerprint density at radius 2 is 2.33 bits per heavy atom. The molecule has 0 fully saturated rings. The van der Waals surface area contributed by atoms with Crippen molar-refractivity contribution >= 4 is 11.8 Å². The molecule has 0 atom stereocenters. The van der Waals surface area contributed by atoms with Crippen LogP contribution >= 0.6 is 0 Å². The molecule has 12 heavy (non-hydrogen) atoms. The van der Waals surface area contributed by atoms with E-state index in [4.69, 9.17) is 5.73 Å². The second-order valence-corrected chi connectivity index (χ2v) is 2.04. The van der Waals surface area contributed by atoms with Crippen molar-refractivity contribution in [2.45, 2.75) is 0 Å². The van der Waals surface area contributed by atoms with E-state index in [1.807, 2.05) is 0 Å². The lowest BCUT2D eigenvalue weighted by molar-refractivity contribution is 0.510. The predicted molar refractivity (Wildman–Crippen MR) is 40.9 cm³/mol. The van der Waals surface area contributed by atoms with Gasteiger partial charge in [0, 0.05) is 6.54 Å². The van der Waals surface area contributed by atoms with Crippen LogP contribution in [0.5, 0.6) is 0 Å². The van der Waals surface area contributed by atoms with E-state index in [0.29, 0.717) is 0 Å². The number of alkyl halides is 1. The number of nitrogens with zero attached hydrogens (tertiary/aromatic N) is 2. The highest BCUT2D eigenvalue weighted by Crippen LogP contribution is 2.08. The molecule has 66 valence electrons. The van der Waals surface area contributed by atoms with Crippen molar-refractivity contribution in [3.8, 4) is 0 Å². The monoisotopic (exact) mass is 174 g/mol. The van der Waals surface area contributed by atoms with Crippen molar-refractivity contribution in [1.29, 1.82) is 0 Å². The molecule has 3 N–H and O–H groups in total. The number of rotatable bonds is 3. The second kappa shape index (κ2) is 3.80. The third-order valence-electron chi connectivity index (χ3n) is 1.15. The van der Waals surface area contributed by atoms with Crippen LogP contribution in [0.2, 0.25) is 0 Å². The van der Waals surface area contributed by atoms with Gasteiger partial charge < -0.3 is 11.1 Å². The average molecular weight is 174 g/mol. The van der Waals surface area contributed by atoms with Gasteiger partial charge in [-0.15, -0.1) is 0 Å². The Balaban J connectivity index is 2.75. The molecule has 0 bridgehead atoms. The minimum absolute atomic E-state index is 0.00731. The van der Waals surface area contributed by atoms with Gasteiger partial charge in [0.25, 0.3) is 0 Å². The predicted octanol–water partition coefficient (Wildman–Crippen LogP) is 0.579. The lowest BCUT2D eigenvalue weighted by Crippen LogP contribution is -2.08. The van der Waals surface area contributed by atoms with E-state index in [1.165, 1.54) is 0 Å². The Bertz CT molecular complexity index is 266. The van der Waals surface area contributed by atoms with Gasteiger partial charge in [0.15, 0.2) is 11.6 Å². The van der Waals surface area contributed by atoms with Crippen molar-refractivity contribution < 1.29 is 8.78 Å². The molecule has 1 rings (SSSR count). The molecule has 0 saturated carbocycles. The van der Waals surface area contributed by atoms with E-state index in [2.05, 4.69) is 15.3 Å². The minimum Gasteiger partial charge on any atom is -0.368 e. The van der Waals surface area contributed by atoms with E-state index in [9.17, 15) is 8.78 Å². The molecule has 1 aromatic heterocycles. The molecule has 0 aliphatic heterocycles. The Kier molecular flexibility index (Phi) is 2.73. The quantitative estimate of drug-likeness (QED) is 0.703. The van der Waals surface area contributed by atoms with Crippen LogP contribution in [0.15, 0.2) is 6.20 Å². The number of aromatic nitrogens is 2. The van der Waals surface area contributed by atoms with Gasteiger partial charge >= 0.3 is 0 Å². The molecule has 0 unspecified atom stereocenters. The van der Waals surface area contributed by atoms with Gasteiger partial charge in [-0.1, -0.05) is 0 Å². The number of nitrogens with two attached hydrogens (primary N) is 1. The van der Waals surface area contributed by atoms with Gasteiger partial charge in [-0.2, -0.15) is 4.98 Å². The molecule has 0 amide bonds. The SMILES string of the molecule is Nc1ncc(F)c(NCCF)n1. The van der Waals surface area contributed by atoms with Crippen LogP contribution in [0, 0.1) is 5.82 Å². The molecule has 1 heterocycles. The van der Waals surface area contributed by atoms with Crippen molar-refractivity contribution in [1.82, 2.24) is 9.97 Å². The zero-order chi connectivity index (χ0) is 8.97. The number of nitrogen functional groups attached to an aromatic ring is 1. The first kappa shape index (κ1) is 8.63. The van der Waals surface area contributed by atoms with Crippen molar-refractivity contribution in [3.05, 3.63) is 12.0 Å². The van der Waals surface area contributed by atoms with Gasteiger partial charge in [0.05, 0.1) is 6.20 Å². The lowest BCUT2D eigenvalue weighted by atomic mass is 10.5. The number of halogens is 2. The van der Waals surface area contributed by atoms with Crippen LogP contribution in [0.1, 0.15) is 0 Å². The van der Waals surface area contributed by atoms with E-state index in [-0.39, 0.29) is 18.3 Å². The zero-order valence-corrected chi connectivity index (χ0v) is 6.22. The fraction of sp³-hybridized carbons (Fsp3) is 0.333. The van der Waals surface area contributed by atoms with Gasteiger partial charge in [-0.25, -0.2) is 13.8 Å². The summed E-state index contributed by atoms with van der Waals surface area (Å²) >= 11 is 0. The highest BCUT2D eigenvalue weighted by atomic mass is 19.1. The molecule has 0 aliphatic rings. The van der Waals surface area contributed by atoms with Crippen LogP contribution in [-0.2, 0) is 0 Å².